The van der Waals surface area contributed by atoms with Crippen LogP contribution in [0, 0.1) is 0 Å². The van der Waals surface area contributed by atoms with Crippen molar-refractivity contribution < 1.29 is 4.74 Å². The number of ether oxygens (including phenoxy) is 1. The first-order valence-electron chi connectivity index (χ1n) is 11.6. The summed E-state index contributed by atoms with van der Waals surface area (Å²) in [4.78, 5) is 25.3. The first-order valence-corrected chi connectivity index (χ1v) is 11.6. The molecule has 0 aromatic carbocycles. The molecule has 5 rings (SSSR count). The lowest BCUT2D eigenvalue weighted by Gasteiger charge is -2.21. The molecule has 1 aliphatic rings. The Morgan fingerprint density at radius 2 is 1.97 bits per heavy atom. The van der Waals surface area contributed by atoms with Crippen molar-refractivity contribution >= 4 is 16.7 Å². The molecule has 0 bridgehead atoms. The fraction of sp³-hybridized carbons (Fsp3) is 0.400. The van der Waals surface area contributed by atoms with Crippen molar-refractivity contribution in [2.75, 3.05) is 25.1 Å². The molecule has 2 N–H and O–H groups in total. The normalized spacial score (nSPS) is 18.2. The summed E-state index contributed by atoms with van der Waals surface area (Å²) < 4.78 is 7.62. The molecule has 1 unspecified atom stereocenters. The highest BCUT2D eigenvalue weighted by atomic mass is 16.5. The average molecular weight is 459 g/mol. The maximum Gasteiger partial charge on any atom is 0.242 e. The Kier molecular flexibility index (Phi) is 5.65. The van der Waals surface area contributed by atoms with E-state index in [2.05, 4.69) is 56.2 Å². The second kappa shape index (κ2) is 8.64. The van der Waals surface area contributed by atoms with Crippen molar-refractivity contribution in [2.24, 2.45) is 5.73 Å². The zero-order valence-electron chi connectivity index (χ0n) is 20.1. The lowest BCUT2D eigenvalue weighted by Crippen LogP contribution is -2.39. The third-order valence-corrected chi connectivity index (χ3v) is 6.27. The number of hydrogen-bond acceptors (Lipinski definition) is 8. The number of hydrogen-bond donors (Lipinski definition) is 1. The van der Waals surface area contributed by atoms with Gasteiger partial charge in [0.05, 0.1) is 48.6 Å². The van der Waals surface area contributed by atoms with E-state index in [9.17, 15) is 0 Å². The molecule has 0 spiro atoms. The predicted molar refractivity (Wildman–Crippen MR) is 132 cm³/mol. The SMILES string of the molecule is COc1nc(-c2ccnc(Cc3ccc(N4CCC(C)(N)C4)cn3)n2)cc2c1ncn2C(C)C. The minimum atomic E-state index is -0.139. The average Bonchev–Trinajstić information content (AvgIpc) is 3.42. The van der Waals surface area contributed by atoms with Crippen molar-refractivity contribution in [1.29, 1.82) is 0 Å². The Balaban J connectivity index is 1.40. The Bertz CT molecular complexity index is 1310. The van der Waals surface area contributed by atoms with E-state index in [1.54, 1.807) is 13.3 Å². The quantitative estimate of drug-likeness (QED) is 0.468. The van der Waals surface area contributed by atoms with E-state index in [0.29, 0.717) is 18.1 Å². The van der Waals surface area contributed by atoms with Gasteiger partial charge < -0.3 is 19.9 Å². The van der Waals surface area contributed by atoms with Crippen LogP contribution >= 0.6 is 0 Å². The molecule has 0 radical (unpaired) electrons. The molecule has 0 saturated carbocycles. The van der Waals surface area contributed by atoms with Gasteiger partial charge in [-0.25, -0.2) is 19.9 Å². The highest BCUT2D eigenvalue weighted by Crippen LogP contribution is 2.29. The molecule has 4 aromatic heterocycles. The summed E-state index contributed by atoms with van der Waals surface area (Å²) in [6.45, 7) is 8.13. The number of pyridine rings is 2. The minimum absolute atomic E-state index is 0.139. The van der Waals surface area contributed by atoms with Gasteiger partial charge in [0.1, 0.15) is 5.82 Å². The van der Waals surface area contributed by atoms with Crippen LogP contribution in [0.1, 0.15) is 44.8 Å². The van der Waals surface area contributed by atoms with Crippen molar-refractivity contribution in [3.8, 4) is 17.3 Å². The number of imidazole rings is 1. The van der Waals surface area contributed by atoms with Gasteiger partial charge in [-0.1, -0.05) is 0 Å². The van der Waals surface area contributed by atoms with Crippen molar-refractivity contribution in [3.63, 3.8) is 0 Å². The van der Waals surface area contributed by atoms with Gasteiger partial charge in [0, 0.05) is 36.6 Å². The first-order chi connectivity index (χ1) is 16.3. The number of nitrogens with two attached hydrogens (primary N) is 1. The van der Waals surface area contributed by atoms with Gasteiger partial charge in [-0.3, -0.25) is 4.98 Å². The molecule has 1 fully saturated rings. The topological polar surface area (TPSA) is 108 Å². The maximum atomic E-state index is 6.27. The van der Waals surface area contributed by atoms with Crippen molar-refractivity contribution in [1.82, 2.24) is 29.5 Å². The molecule has 9 nitrogen and oxygen atoms in total. The van der Waals surface area contributed by atoms with E-state index in [1.807, 2.05) is 30.7 Å². The van der Waals surface area contributed by atoms with E-state index < -0.39 is 0 Å². The number of fused-ring (bicyclic) bond motifs is 1. The number of methoxy groups -OCH3 is 1. The minimum Gasteiger partial charge on any atom is -0.479 e. The van der Waals surface area contributed by atoms with Gasteiger partial charge >= 0.3 is 0 Å². The molecule has 9 heteroatoms. The highest BCUT2D eigenvalue weighted by Gasteiger charge is 2.29. The summed E-state index contributed by atoms with van der Waals surface area (Å²) in [7, 11) is 1.61. The summed E-state index contributed by atoms with van der Waals surface area (Å²) in [6, 6.07) is 8.26. The van der Waals surface area contributed by atoms with Crippen molar-refractivity contribution in [3.05, 3.63) is 54.5 Å². The molecule has 0 amide bonds. The van der Waals surface area contributed by atoms with E-state index in [1.165, 1.54) is 0 Å². The summed E-state index contributed by atoms with van der Waals surface area (Å²) >= 11 is 0. The first kappa shape index (κ1) is 22.2. The van der Waals surface area contributed by atoms with Gasteiger partial charge in [0.2, 0.25) is 5.88 Å². The molecule has 1 aliphatic heterocycles. The predicted octanol–water partition coefficient (Wildman–Crippen LogP) is 3.39. The van der Waals surface area contributed by atoms with E-state index in [0.717, 1.165) is 53.3 Å². The fourth-order valence-electron chi connectivity index (χ4n) is 4.39. The summed E-state index contributed by atoms with van der Waals surface area (Å²) in [5.74, 6) is 1.17. The molecule has 0 aliphatic carbocycles. The van der Waals surface area contributed by atoms with Gasteiger partial charge in [0.25, 0.3) is 0 Å². The Hall–Kier alpha value is -3.59. The van der Waals surface area contributed by atoms with Gasteiger partial charge in [0.15, 0.2) is 5.52 Å². The van der Waals surface area contributed by atoms with Crippen LogP contribution in [0.3, 0.4) is 0 Å². The lowest BCUT2D eigenvalue weighted by molar-refractivity contribution is 0.403. The number of aromatic nitrogens is 6. The maximum absolute atomic E-state index is 6.27. The van der Waals surface area contributed by atoms with Crippen LogP contribution in [0.4, 0.5) is 5.69 Å². The summed E-state index contributed by atoms with van der Waals surface area (Å²) in [6.07, 6.45) is 7.01. The lowest BCUT2D eigenvalue weighted by atomic mass is 10.0. The van der Waals surface area contributed by atoms with Gasteiger partial charge in [-0.15, -0.1) is 0 Å². The summed E-state index contributed by atoms with van der Waals surface area (Å²) in [5.41, 5.74) is 11.3. The van der Waals surface area contributed by atoms with Crippen LogP contribution in [-0.2, 0) is 6.42 Å². The number of nitrogens with zero attached hydrogens (tertiary/aromatic N) is 7. The summed E-state index contributed by atoms with van der Waals surface area (Å²) in [5, 5.41) is 0. The number of rotatable bonds is 6. The molecule has 34 heavy (non-hydrogen) atoms. The van der Waals surface area contributed by atoms with Crippen LogP contribution in [0.5, 0.6) is 5.88 Å². The van der Waals surface area contributed by atoms with Crippen LogP contribution < -0.4 is 15.4 Å². The Labute approximate surface area is 199 Å². The zero-order chi connectivity index (χ0) is 23.9. The standard InChI is InChI=1S/C25H30N8O/c1-16(2)33-15-29-23-21(33)12-20(31-24(23)34-4)19-7-9-27-22(30-19)11-17-5-6-18(13-28-17)32-10-8-25(3,26)14-32/h5-7,9,12-13,15-16H,8,10-11,14,26H2,1-4H3. The largest absolute Gasteiger partial charge is 0.479 e. The fourth-order valence-corrected chi connectivity index (χ4v) is 4.39. The van der Waals surface area contributed by atoms with E-state index in [4.69, 9.17) is 15.5 Å². The third-order valence-electron chi connectivity index (χ3n) is 6.27. The third kappa shape index (κ3) is 4.31. The molecule has 176 valence electrons. The van der Waals surface area contributed by atoms with Crippen LogP contribution in [0.15, 0.2) is 43.0 Å². The second-order valence-electron chi connectivity index (χ2n) is 9.50. The van der Waals surface area contributed by atoms with E-state index >= 15 is 0 Å². The smallest absolute Gasteiger partial charge is 0.242 e. The Morgan fingerprint density at radius 1 is 1.12 bits per heavy atom. The molecule has 4 aromatic rings. The van der Waals surface area contributed by atoms with Gasteiger partial charge in [-0.05, 0) is 51.5 Å². The van der Waals surface area contributed by atoms with Crippen LogP contribution in [-0.4, -0.2) is 55.2 Å². The van der Waals surface area contributed by atoms with Crippen molar-refractivity contribution in [2.45, 2.75) is 45.2 Å². The Morgan fingerprint density at radius 3 is 2.65 bits per heavy atom. The van der Waals surface area contributed by atoms with E-state index in [-0.39, 0.29) is 11.6 Å². The molecular formula is C25H30N8O. The zero-order valence-corrected chi connectivity index (χ0v) is 20.1. The van der Waals surface area contributed by atoms with Gasteiger partial charge in [-0.2, -0.15) is 0 Å². The second-order valence-corrected chi connectivity index (χ2v) is 9.50. The highest BCUT2D eigenvalue weighted by molar-refractivity contribution is 5.84. The molecule has 5 heterocycles. The molecule has 1 saturated heterocycles. The monoisotopic (exact) mass is 458 g/mol. The molecule has 1 atom stereocenters. The molecular weight excluding hydrogens is 428 g/mol. The van der Waals surface area contributed by atoms with Crippen LogP contribution in [0.25, 0.3) is 22.4 Å². The van der Waals surface area contributed by atoms with Crippen LogP contribution in [0.2, 0.25) is 0 Å². The number of anilines is 1.